The van der Waals surface area contributed by atoms with E-state index in [0.29, 0.717) is 17.4 Å². The highest BCUT2D eigenvalue weighted by Crippen LogP contribution is 2.21. The van der Waals surface area contributed by atoms with Gasteiger partial charge in [0.05, 0.1) is 18.6 Å². The van der Waals surface area contributed by atoms with Crippen molar-refractivity contribution >= 4 is 21.7 Å². The van der Waals surface area contributed by atoms with Gasteiger partial charge in [-0.2, -0.15) is 4.98 Å². The average molecular weight is 281 g/mol. The minimum atomic E-state index is 0.423. The van der Waals surface area contributed by atoms with Gasteiger partial charge in [-0.3, -0.25) is 9.97 Å². The Hall–Kier alpha value is -1.69. The Kier molecular flexibility index (Phi) is 3.31. The quantitative estimate of drug-likeness (QED) is 0.936. The molecule has 0 spiro atoms. The lowest BCUT2D eigenvalue weighted by Gasteiger charge is -2.05. The molecule has 0 fully saturated rings. The van der Waals surface area contributed by atoms with E-state index >= 15 is 0 Å². The maximum absolute atomic E-state index is 5.50. The number of nitrogens with one attached hydrogen (secondary N) is 1. The zero-order chi connectivity index (χ0) is 11.4. The Morgan fingerprint density at radius 2 is 2.00 bits per heavy atom. The van der Waals surface area contributed by atoms with Gasteiger partial charge < -0.3 is 10.1 Å². The van der Waals surface area contributed by atoms with Crippen molar-refractivity contribution in [1.29, 1.82) is 0 Å². The number of nitrogens with zero attached hydrogens (tertiary/aromatic N) is 3. The summed E-state index contributed by atoms with van der Waals surface area (Å²) in [7, 11) is 1.77. The van der Waals surface area contributed by atoms with Crippen LogP contribution < -0.4 is 10.1 Å². The number of hydrogen-bond acceptors (Lipinski definition) is 5. The van der Waals surface area contributed by atoms with Crippen molar-refractivity contribution in [3.63, 3.8) is 0 Å². The lowest BCUT2D eigenvalue weighted by molar-refractivity contribution is 0.458. The largest absolute Gasteiger partial charge is 0.436 e. The zero-order valence-electron chi connectivity index (χ0n) is 8.51. The summed E-state index contributed by atoms with van der Waals surface area (Å²) in [5.41, 5.74) is 0. The van der Waals surface area contributed by atoms with E-state index in [1.807, 2.05) is 0 Å². The summed E-state index contributed by atoms with van der Waals surface area (Å²) >= 11 is 3.31. The monoisotopic (exact) mass is 280 g/mol. The number of halogens is 1. The van der Waals surface area contributed by atoms with Gasteiger partial charge in [-0.25, -0.2) is 0 Å². The third-order valence-corrected chi connectivity index (χ3v) is 2.20. The molecule has 0 aromatic carbocycles. The summed E-state index contributed by atoms with van der Waals surface area (Å²) < 4.78 is 6.35. The molecule has 2 aromatic rings. The predicted octanol–water partition coefficient (Wildman–Crippen LogP) is 2.47. The molecular formula is C10H9BrN4O. The minimum Gasteiger partial charge on any atom is -0.436 e. The average Bonchev–Trinajstić information content (AvgIpc) is 2.29. The molecule has 0 aliphatic carbocycles. The molecule has 0 atom stereocenters. The molecule has 1 N–H and O–H groups in total. The van der Waals surface area contributed by atoms with Crippen LogP contribution in [0.2, 0.25) is 0 Å². The molecule has 0 radical (unpaired) electrons. The van der Waals surface area contributed by atoms with Crippen LogP contribution in [0.25, 0.3) is 0 Å². The summed E-state index contributed by atoms with van der Waals surface area (Å²) in [5.74, 6) is 1.68. The van der Waals surface area contributed by atoms with E-state index in [1.54, 1.807) is 37.9 Å². The van der Waals surface area contributed by atoms with E-state index in [9.17, 15) is 0 Å². The maximum Gasteiger partial charge on any atom is 0.239 e. The molecule has 2 aromatic heterocycles. The number of aromatic nitrogens is 3. The molecule has 0 saturated heterocycles. The van der Waals surface area contributed by atoms with Crippen LogP contribution in [0.3, 0.4) is 0 Å². The molecule has 5 nitrogen and oxygen atoms in total. The normalized spacial score (nSPS) is 9.88. The van der Waals surface area contributed by atoms with Gasteiger partial charge in [-0.1, -0.05) is 0 Å². The molecule has 2 heterocycles. The molecule has 0 aliphatic rings. The molecule has 16 heavy (non-hydrogen) atoms. The predicted molar refractivity (Wildman–Crippen MR) is 63.6 cm³/mol. The second kappa shape index (κ2) is 4.89. The number of rotatable bonds is 3. The number of pyridine rings is 1. The first-order chi connectivity index (χ1) is 7.78. The van der Waals surface area contributed by atoms with Crippen LogP contribution in [0.1, 0.15) is 0 Å². The van der Waals surface area contributed by atoms with Crippen molar-refractivity contribution in [2.24, 2.45) is 0 Å². The van der Waals surface area contributed by atoms with Gasteiger partial charge in [0.15, 0.2) is 0 Å². The highest BCUT2D eigenvalue weighted by Gasteiger charge is 2.01. The fourth-order valence-corrected chi connectivity index (χ4v) is 1.43. The molecule has 0 unspecified atom stereocenters. The van der Waals surface area contributed by atoms with Crippen molar-refractivity contribution in [3.8, 4) is 11.6 Å². The summed E-state index contributed by atoms with van der Waals surface area (Å²) in [6.07, 6.45) is 6.45. The van der Waals surface area contributed by atoms with E-state index in [2.05, 4.69) is 36.2 Å². The van der Waals surface area contributed by atoms with Gasteiger partial charge >= 0.3 is 0 Å². The van der Waals surface area contributed by atoms with Crippen molar-refractivity contribution in [1.82, 2.24) is 15.0 Å². The molecule has 6 heteroatoms. The van der Waals surface area contributed by atoms with E-state index in [-0.39, 0.29) is 0 Å². The van der Waals surface area contributed by atoms with Crippen LogP contribution >= 0.6 is 15.9 Å². The van der Waals surface area contributed by atoms with Crippen molar-refractivity contribution in [3.05, 3.63) is 35.3 Å². The smallest absolute Gasteiger partial charge is 0.239 e. The standard InChI is InChI=1S/C10H9BrN4O/c1-12-9-5-14-6-10(15-9)16-8-2-7(11)3-13-4-8/h2-6H,1H3,(H,12,15). The SMILES string of the molecule is CNc1cncc(Oc2cncc(Br)c2)n1. The van der Waals surface area contributed by atoms with Crippen LogP contribution in [-0.2, 0) is 0 Å². The number of ether oxygens (including phenoxy) is 1. The maximum atomic E-state index is 5.50. The Morgan fingerprint density at radius 1 is 1.19 bits per heavy atom. The summed E-state index contributed by atoms with van der Waals surface area (Å²) in [6, 6.07) is 1.81. The third kappa shape index (κ3) is 2.66. The van der Waals surface area contributed by atoms with E-state index in [4.69, 9.17) is 4.74 Å². The van der Waals surface area contributed by atoms with Crippen molar-refractivity contribution in [2.45, 2.75) is 0 Å². The molecule has 0 saturated carbocycles. The highest BCUT2D eigenvalue weighted by atomic mass is 79.9. The molecule has 0 bridgehead atoms. The lowest BCUT2D eigenvalue weighted by Crippen LogP contribution is -1.95. The zero-order valence-corrected chi connectivity index (χ0v) is 10.1. The lowest BCUT2D eigenvalue weighted by atomic mass is 10.5. The van der Waals surface area contributed by atoms with Crippen LogP contribution in [0.4, 0.5) is 5.82 Å². The molecule has 2 rings (SSSR count). The van der Waals surface area contributed by atoms with Gasteiger partial charge in [0.25, 0.3) is 0 Å². The minimum absolute atomic E-state index is 0.423. The van der Waals surface area contributed by atoms with E-state index < -0.39 is 0 Å². The summed E-state index contributed by atoms with van der Waals surface area (Å²) in [6.45, 7) is 0. The fraction of sp³-hybridized carbons (Fsp3) is 0.100. The van der Waals surface area contributed by atoms with Crippen molar-refractivity contribution < 1.29 is 4.74 Å². The number of hydrogen-bond donors (Lipinski definition) is 1. The Labute approximate surface area is 101 Å². The van der Waals surface area contributed by atoms with E-state index in [0.717, 1.165) is 4.47 Å². The number of anilines is 1. The first-order valence-corrected chi connectivity index (χ1v) is 5.35. The summed E-state index contributed by atoms with van der Waals surface area (Å²) in [5, 5.41) is 2.89. The topological polar surface area (TPSA) is 59.9 Å². The second-order valence-corrected chi connectivity index (χ2v) is 3.85. The molecule has 0 amide bonds. The first-order valence-electron chi connectivity index (χ1n) is 4.56. The molecule has 0 aliphatic heterocycles. The van der Waals surface area contributed by atoms with Crippen LogP contribution in [0.5, 0.6) is 11.6 Å². The van der Waals surface area contributed by atoms with Gasteiger partial charge in [0.2, 0.25) is 5.88 Å². The highest BCUT2D eigenvalue weighted by molar-refractivity contribution is 9.10. The third-order valence-electron chi connectivity index (χ3n) is 1.77. The van der Waals surface area contributed by atoms with Crippen molar-refractivity contribution in [2.75, 3.05) is 12.4 Å². The van der Waals surface area contributed by atoms with Gasteiger partial charge in [-0.15, -0.1) is 0 Å². The van der Waals surface area contributed by atoms with E-state index in [1.165, 1.54) is 0 Å². The Morgan fingerprint density at radius 3 is 2.75 bits per heavy atom. The van der Waals surface area contributed by atoms with Gasteiger partial charge in [0, 0.05) is 17.7 Å². The fourth-order valence-electron chi connectivity index (χ4n) is 1.09. The molecule has 82 valence electrons. The van der Waals surface area contributed by atoms with Crippen LogP contribution in [-0.4, -0.2) is 22.0 Å². The van der Waals surface area contributed by atoms with Crippen LogP contribution in [0.15, 0.2) is 35.3 Å². The first kappa shape index (κ1) is 10.8. The van der Waals surface area contributed by atoms with Crippen LogP contribution in [0, 0.1) is 0 Å². The van der Waals surface area contributed by atoms with Gasteiger partial charge in [-0.05, 0) is 22.0 Å². The second-order valence-electron chi connectivity index (χ2n) is 2.93. The van der Waals surface area contributed by atoms with Gasteiger partial charge in [0.1, 0.15) is 11.6 Å². The summed E-state index contributed by atoms with van der Waals surface area (Å²) in [4.78, 5) is 12.2. The molecular weight excluding hydrogens is 272 g/mol. The Bertz CT molecular complexity index is 492. The Balaban J connectivity index is 2.20.